The predicted molar refractivity (Wildman–Crippen MR) is 104 cm³/mol. The lowest BCUT2D eigenvalue weighted by Crippen LogP contribution is -2.22. The summed E-state index contributed by atoms with van der Waals surface area (Å²) in [5.41, 5.74) is 10.2. The fraction of sp³-hybridized carbons (Fsp3) is 0.238. The van der Waals surface area contributed by atoms with Crippen molar-refractivity contribution in [3.05, 3.63) is 64.8 Å². The molecule has 1 unspecified atom stereocenters. The van der Waals surface area contributed by atoms with E-state index in [0.29, 0.717) is 11.5 Å². The monoisotopic (exact) mass is 344 g/mol. The third-order valence-electron chi connectivity index (χ3n) is 5.50. The highest BCUT2D eigenvalue weighted by Crippen LogP contribution is 2.38. The SMILES string of the molecule is CN(C)c1ccc(C2CC3=NNC(=O)c4cccc5[nH]c(c3c45)C2)cc1. The van der Waals surface area contributed by atoms with E-state index in [2.05, 4.69) is 44.7 Å². The summed E-state index contributed by atoms with van der Waals surface area (Å²) in [5.74, 6) is 0.218. The molecule has 1 aliphatic carbocycles. The van der Waals surface area contributed by atoms with Crippen molar-refractivity contribution in [2.45, 2.75) is 18.8 Å². The molecule has 3 aromatic rings. The van der Waals surface area contributed by atoms with Crippen LogP contribution in [0.4, 0.5) is 5.69 Å². The molecule has 5 heteroatoms. The molecule has 130 valence electrons. The van der Waals surface area contributed by atoms with Crippen molar-refractivity contribution in [3.8, 4) is 0 Å². The second-order valence-corrected chi connectivity index (χ2v) is 7.30. The summed E-state index contributed by atoms with van der Waals surface area (Å²) in [7, 11) is 4.10. The van der Waals surface area contributed by atoms with Gasteiger partial charge in [0.15, 0.2) is 0 Å². The Kier molecular flexibility index (Phi) is 3.19. The first-order valence-corrected chi connectivity index (χ1v) is 8.90. The lowest BCUT2D eigenvalue weighted by atomic mass is 9.81. The van der Waals surface area contributed by atoms with E-state index in [-0.39, 0.29) is 5.91 Å². The number of aromatic amines is 1. The van der Waals surface area contributed by atoms with E-state index in [9.17, 15) is 4.79 Å². The highest BCUT2D eigenvalue weighted by atomic mass is 16.2. The average molecular weight is 344 g/mol. The van der Waals surface area contributed by atoms with Gasteiger partial charge in [-0.1, -0.05) is 18.2 Å². The Hall–Kier alpha value is -3.08. The summed E-state index contributed by atoms with van der Waals surface area (Å²) in [4.78, 5) is 18.0. The summed E-state index contributed by atoms with van der Waals surface area (Å²) in [6, 6.07) is 14.5. The number of hydrogen-bond acceptors (Lipinski definition) is 3. The van der Waals surface area contributed by atoms with Gasteiger partial charge in [-0.3, -0.25) is 4.79 Å². The first-order valence-electron chi connectivity index (χ1n) is 8.90. The number of amides is 1. The van der Waals surface area contributed by atoms with Crippen LogP contribution >= 0.6 is 0 Å². The van der Waals surface area contributed by atoms with Crippen molar-refractivity contribution in [3.63, 3.8) is 0 Å². The van der Waals surface area contributed by atoms with E-state index in [1.165, 1.54) is 16.9 Å². The third-order valence-corrected chi connectivity index (χ3v) is 5.50. The summed E-state index contributed by atoms with van der Waals surface area (Å²) < 4.78 is 0. The lowest BCUT2D eigenvalue weighted by Gasteiger charge is -2.24. The van der Waals surface area contributed by atoms with Crippen LogP contribution in [0.25, 0.3) is 10.9 Å². The molecule has 0 spiro atoms. The van der Waals surface area contributed by atoms with Crippen LogP contribution < -0.4 is 10.3 Å². The molecule has 1 amide bonds. The number of carbonyl (C=O) groups excluding carboxylic acids is 1. The molecule has 2 heterocycles. The standard InChI is InChI=1S/C21H20N4O/c1-25(2)14-8-6-12(7-9-14)13-10-17-20-18(11-13)23-24-21(26)15-4-3-5-16(22-17)19(15)20/h3-9,13,22H,10-11H2,1-2H3,(H,24,26). The van der Waals surface area contributed by atoms with Crippen LogP contribution in [0.15, 0.2) is 47.6 Å². The number of aromatic nitrogens is 1. The molecule has 1 aromatic heterocycles. The minimum atomic E-state index is -0.133. The van der Waals surface area contributed by atoms with E-state index in [4.69, 9.17) is 0 Å². The highest BCUT2D eigenvalue weighted by molar-refractivity contribution is 6.20. The van der Waals surface area contributed by atoms with Gasteiger partial charge in [0.25, 0.3) is 5.91 Å². The average Bonchev–Trinajstić information content (AvgIpc) is 2.97. The molecule has 2 aromatic carbocycles. The van der Waals surface area contributed by atoms with Gasteiger partial charge in [0.05, 0.1) is 11.3 Å². The van der Waals surface area contributed by atoms with Gasteiger partial charge in [-0.25, -0.2) is 5.43 Å². The van der Waals surface area contributed by atoms with Gasteiger partial charge in [0, 0.05) is 41.9 Å². The van der Waals surface area contributed by atoms with Gasteiger partial charge >= 0.3 is 0 Å². The minimum Gasteiger partial charge on any atom is -0.378 e. The molecule has 0 bridgehead atoms. The maximum absolute atomic E-state index is 12.4. The van der Waals surface area contributed by atoms with E-state index in [1.54, 1.807) is 0 Å². The van der Waals surface area contributed by atoms with Crippen molar-refractivity contribution < 1.29 is 4.79 Å². The van der Waals surface area contributed by atoms with E-state index in [1.807, 2.05) is 32.3 Å². The summed E-state index contributed by atoms with van der Waals surface area (Å²) >= 11 is 0. The number of carbonyl (C=O) groups is 1. The van der Waals surface area contributed by atoms with Gasteiger partial charge in [0.1, 0.15) is 0 Å². The van der Waals surface area contributed by atoms with Gasteiger partial charge in [-0.15, -0.1) is 0 Å². The molecule has 0 saturated heterocycles. The number of benzene rings is 2. The van der Waals surface area contributed by atoms with Crippen molar-refractivity contribution in [1.82, 2.24) is 10.4 Å². The van der Waals surface area contributed by atoms with Crippen molar-refractivity contribution in [2.75, 3.05) is 19.0 Å². The first-order chi connectivity index (χ1) is 12.6. The molecule has 0 saturated carbocycles. The lowest BCUT2D eigenvalue weighted by molar-refractivity contribution is 0.0957. The van der Waals surface area contributed by atoms with Crippen LogP contribution in [0, 0.1) is 0 Å². The first kappa shape index (κ1) is 15.2. The van der Waals surface area contributed by atoms with Gasteiger partial charge in [0.2, 0.25) is 0 Å². The molecule has 0 radical (unpaired) electrons. The number of rotatable bonds is 2. The summed E-state index contributed by atoms with van der Waals surface area (Å²) in [6.07, 6.45) is 1.76. The zero-order valence-corrected chi connectivity index (χ0v) is 14.8. The molecule has 2 N–H and O–H groups in total. The van der Waals surface area contributed by atoms with Crippen LogP contribution in [0.5, 0.6) is 0 Å². The number of nitrogens with one attached hydrogen (secondary N) is 2. The van der Waals surface area contributed by atoms with E-state index >= 15 is 0 Å². The van der Waals surface area contributed by atoms with E-state index in [0.717, 1.165) is 35.0 Å². The number of hydrazone groups is 1. The van der Waals surface area contributed by atoms with Gasteiger partial charge in [-0.2, -0.15) is 5.10 Å². The van der Waals surface area contributed by atoms with Crippen LogP contribution in [0.2, 0.25) is 0 Å². The smallest absolute Gasteiger partial charge is 0.272 e. The Balaban J connectivity index is 1.61. The molecule has 5 rings (SSSR count). The van der Waals surface area contributed by atoms with Crippen LogP contribution in [0.1, 0.15) is 39.5 Å². The van der Waals surface area contributed by atoms with Crippen LogP contribution in [-0.4, -0.2) is 30.7 Å². The molecule has 1 aliphatic heterocycles. The topological polar surface area (TPSA) is 60.5 Å². The maximum Gasteiger partial charge on any atom is 0.272 e. The third kappa shape index (κ3) is 2.17. The molecular formula is C21H20N4O. The van der Waals surface area contributed by atoms with E-state index < -0.39 is 0 Å². The van der Waals surface area contributed by atoms with Gasteiger partial charge < -0.3 is 9.88 Å². The molecule has 2 aliphatic rings. The zero-order chi connectivity index (χ0) is 17.8. The molecule has 1 atom stereocenters. The zero-order valence-electron chi connectivity index (χ0n) is 14.8. The fourth-order valence-corrected chi connectivity index (χ4v) is 4.18. The predicted octanol–water partition coefficient (Wildman–Crippen LogP) is 3.41. The largest absolute Gasteiger partial charge is 0.378 e. The minimum absolute atomic E-state index is 0.133. The molecule has 26 heavy (non-hydrogen) atoms. The Morgan fingerprint density at radius 1 is 1.08 bits per heavy atom. The molecule has 0 fully saturated rings. The Labute approximate surface area is 151 Å². The second-order valence-electron chi connectivity index (χ2n) is 7.30. The number of H-pyrrole nitrogens is 1. The van der Waals surface area contributed by atoms with Gasteiger partial charge in [-0.05, 0) is 48.6 Å². The van der Waals surface area contributed by atoms with Crippen LogP contribution in [0.3, 0.4) is 0 Å². The van der Waals surface area contributed by atoms with Crippen molar-refractivity contribution in [1.29, 1.82) is 0 Å². The second kappa shape index (κ2) is 5.46. The Bertz CT molecular complexity index is 1060. The number of nitrogens with zero attached hydrogens (tertiary/aromatic N) is 2. The molecular weight excluding hydrogens is 324 g/mol. The maximum atomic E-state index is 12.4. The summed E-state index contributed by atoms with van der Waals surface area (Å²) in [5, 5.41) is 5.47. The van der Waals surface area contributed by atoms with Crippen LogP contribution in [-0.2, 0) is 6.42 Å². The fourth-order valence-electron chi connectivity index (χ4n) is 4.18. The number of hydrogen-bond donors (Lipinski definition) is 2. The Morgan fingerprint density at radius 3 is 2.65 bits per heavy atom. The Morgan fingerprint density at radius 2 is 1.88 bits per heavy atom. The molecule has 5 nitrogen and oxygen atoms in total. The number of anilines is 1. The van der Waals surface area contributed by atoms with Crippen molar-refractivity contribution in [2.24, 2.45) is 5.10 Å². The summed E-state index contributed by atoms with van der Waals surface area (Å²) in [6.45, 7) is 0. The highest BCUT2D eigenvalue weighted by Gasteiger charge is 2.32. The normalized spacial score (nSPS) is 18.3. The quantitative estimate of drug-likeness (QED) is 0.748. The van der Waals surface area contributed by atoms with Crippen molar-refractivity contribution >= 4 is 28.2 Å².